The fourth-order valence-electron chi connectivity index (χ4n) is 2.10. The highest BCUT2D eigenvalue weighted by Crippen LogP contribution is 2.16. The quantitative estimate of drug-likeness (QED) is 0.860. The van der Waals surface area contributed by atoms with Gasteiger partial charge in [0, 0.05) is 22.3 Å². The number of anilines is 1. The lowest BCUT2D eigenvalue weighted by Crippen LogP contribution is -2.86. The van der Waals surface area contributed by atoms with Crippen LogP contribution in [0.1, 0.15) is 18.5 Å². The van der Waals surface area contributed by atoms with E-state index in [2.05, 4.69) is 12.2 Å². The number of benzene rings is 2. The van der Waals surface area contributed by atoms with E-state index in [9.17, 15) is 4.79 Å². The molecule has 0 spiro atoms. The van der Waals surface area contributed by atoms with E-state index >= 15 is 0 Å². The van der Waals surface area contributed by atoms with Crippen LogP contribution in [0.25, 0.3) is 0 Å². The zero-order valence-corrected chi connectivity index (χ0v) is 13.4. The Labute approximate surface area is 135 Å². The second kappa shape index (κ2) is 7.82. The molecule has 0 fully saturated rings. The van der Waals surface area contributed by atoms with Crippen LogP contribution in [0.15, 0.2) is 48.5 Å². The maximum atomic E-state index is 12.0. The van der Waals surface area contributed by atoms with Gasteiger partial charge in [-0.25, -0.2) is 0 Å². The number of carbonyl (C=O) groups excluding carboxylic acids is 1. The van der Waals surface area contributed by atoms with Crippen molar-refractivity contribution < 1.29 is 14.8 Å². The summed E-state index contributed by atoms with van der Waals surface area (Å²) in [5.41, 5.74) is 1.87. The van der Waals surface area contributed by atoms with Crippen molar-refractivity contribution in [3.63, 3.8) is 0 Å². The van der Waals surface area contributed by atoms with Crippen LogP contribution in [0.3, 0.4) is 0 Å². The van der Waals surface area contributed by atoms with Crippen LogP contribution in [0.4, 0.5) is 5.69 Å². The Morgan fingerprint density at radius 2 is 2.00 bits per heavy atom. The molecule has 1 atom stereocenters. The first-order valence-corrected chi connectivity index (χ1v) is 7.49. The molecule has 4 nitrogen and oxygen atoms in total. The highest BCUT2D eigenvalue weighted by atomic mass is 35.5. The third kappa shape index (κ3) is 4.76. The highest BCUT2D eigenvalue weighted by Gasteiger charge is 2.11. The van der Waals surface area contributed by atoms with Crippen molar-refractivity contribution >= 4 is 23.2 Å². The van der Waals surface area contributed by atoms with Crippen molar-refractivity contribution in [2.45, 2.75) is 13.0 Å². The molecule has 0 aliphatic heterocycles. The van der Waals surface area contributed by atoms with Gasteiger partial charge in [-0.1, -0.05) is 29.8 Å². The van der Waals surface area contributed by atoms with Crippen LogP contribution in [-0.4, -0.2) is 19.6 Å². The number of nitrogens with two attached hydrogens (primary N) is 1. The van der Waals surface area contributed by atoms with Crippen LogP contribution in [0.2, 0.25) is 5.02 Å². The number of rotatable bonds is 6. The molecule has 0 saturated heterocycles. The standard InChI is InChI=1S/C17H19ClN2O2/c1-12(13-6-8-14(18)9-7-13)19-11-17(21)20-15-4-3-5-16(10-15)22-2/h3-10,12,19H,11H2,1-2H3,(H,20,21)/p+1/t12-/m0/s1. The first-order valence-electron chi connectivity index (χ1n) is 7.11. The van der Waals surface area contributed by atoms with Gasteiger partial charge in [-0.2, -0.15) is 0 Å². The maximum Gasteiger partial charge on any atom is 0.279 e. The molecule has 0 saturated carbocycles. The Morgan fingerprint density at radius 1 is 1.27 bits per heavy atom. The maximum absolute atomic E-state index is 12.0. The lowest BCUT2D eigenvalue weighted by Gasteiger charge is -2.11. The van der Waals surface area contributed by atoms with Crippen molar-refractivity contribution in [3.05, 3.63) is 59.1 Å². The van der Waals surface area contributed by atoms with Crippen molar-refractivity contribution in [1.29, 1.82) is 0 Å². The topological polar surface area (TPSA) is 54.9 Å². The molecule has 0 radical (unpaired) electrons. The molecular weight excluding hydrogens is 300 g/mol. The van der Waals surface area contributed by atoms with E-state index < -0.39 is 0 Å². The van der Waals surface area contributed by atoms with E-state index in [0.29, 0.717) is 11.6 Å². The normalized spacial score (nSPS) is 11.8. The van der Waals surface area contributed by atoms with Gasteiger partial charge in [-0.05, 0) is 31.2 Å². The molecule has 0 aliphatic rings. The minimum absolute atomic E-state index is 0.0472. The van der Waals surface area contributed by atoms with Gasteiger partial charge in [0.1, 0.15) is 11.8 Å². The number of hydrogen-bond acceptors (Lipinski definition) is 2. The van der Waals surface area contributed by atoms with Crippen LogP contribution in [0.5, 0.6) is 5.75 Å². The third-order valence-electron chi connectivity index (χ3n) is 3.41. The Hall–Kier alpha value is -2.04. The van der Waals surface area contributed by atoms with E-state index in [1.807, 2.05) is 47.8 Å². The van der Waals surface area contributed by atoms with Crippen LogP contribution < -0.4 is 15.4 Å². The fraction of sp³-hybridized carbons (Fsp3) is 0.235. The second-order valence-corrected chi connectivity index (χ2v) is 5.50. The van der Waals surface area contributed by atoms with E-state index in [4.69, 9.17) is 16.3 Å². The molecule has 0 bridgehead atoms. The average Bonchev–Trinajstić information content (AvgIpc) is 2.53. The van der Waals surface area contributed by atoms with E-state index in [1.54, 1.807) is 13.2 Å². The zero-order chi connectivity index (χ0) is 15.9. The van der Waals surface area contributed by atoms with E-state index in [1.165, 1.54) is 0 Å². The molecule has 2 aromatic carbocycles. The van der Waals surface area contributed by atoms with Gasteiger partial charge in [0.25, 0.3) is 5.91 Å². The number of amides is 1. The van der Waals surface area contributed by atoms with Crippen LogP contribution in [0, 0.1) is 0 Å². The number of halogens is 1. The van der Waals surface area contributed by atoms with E-state index in [-0.39, 0.29) is 11.9 Å². The van der Waals surface area contributed by atoms with Gasteiger partial charge in [0.15, 0.2) is 6.54 Å². The summed E-state index contributed by atoms with van der Waals surface area (Å²) in [6, 6.07) is 15.2. The van der Waals surface area contributed by atoms with Gasteiger partial charge in [-0.3, -0.25) is 4.79 Å². The highest BCUT2D eigenvalue weighted by molar-refractivity contribution is 6.30. The monoisotopic (exact) mass is 319 g/mol. The average molecular weight is 320 g/mol. The Kier molecular flexibility index (Phi) is 5.81. The van der Waals surface area contributed by atoms with Crippen molar-refractivity contribution in [1.82, 2.24) is 0 Å². The molecule has 2 aromatic rings. The number of methoxy groups -OCH3 is 1. The summed E-state index contributed by atoms with van der Waals surface area (Å²) in [5, 5.41) is 5.56. The summed E-state index contributed by atoms with van der Waals surface area (Å²) < 4.78 is 5.13. The number of carbonyl (C=O) groups is 1. The van der Waals surface area contributed by atoms with Gasteiger partial charge in [0.05, 0.1) is 7.11 Å². The van der Waals surface area contributed by atoms with Crippen LogP contribution >= 0.6 is 11.6 Å². The molecule has 116 valence electrons. The van der Waals surface area contributed by atoms with Gasteiger partial charge >= 0.3 is 0 Å². The van der Waals surface area contributed by atoms with Crippen molar-refractivity contribution in [2.75, 3.05) is 19.0 Å². The summed E-state index contributed by atoms with van der Waals surface area (Å²) in [7, 11) is 1.60. The van der Waals surface area contributed by atoms with Gasteiger partial charge < -0.3 is 15.4 Å². The molecule has 5 heteroatoms. The number of ether oxygens (including phenoxy) is 1. The van der Waals surface area contributed by atoms with E-state index in [0.717, 1.165) is 17.0 Å². The summed E-state index contributed by atoms with van der Waals surface area (Å²) in [6.45, 7) is 2.41. The first-order chi connectivity index (χ1) is 10.6. The predicted octanol–water partition coefficient (Wildman–Crippen LogP) is 2.61. The minimum atomic E-state index is -0.0472. The largest absolute Gasteiger partial charge is 0.497 e. The molecule has 2 rings (SSSR count). The van der Waals surface area contributed by atoms with Gasteiger partial charge in [0.2, 0.25) is 0 Å². The van der Waals surface area contributed by atoms with Crippen molar-refractivity contribution in [3.8, 4) is 5.75 Å². The Morgan fingerprint density at radius 3 is 2.68 bits per heavy atom. The summed E-state index contributed by atoms with van der Waals surface area (Å²) >= 11 is 5.87. The summed E-state index contributed by atoms with van der Waals surface area (Å²) in [6.07, 6.45) is 0. The molecule has 22 heavy (non-hydrogen) atoms. The lowest BCUT2D eigenvalue weighted by atomic mass is 10.1. The SMILES string of the molecule is COc1cccc(NC(=O)C[NH2+][C@@H](C)c2ccc(Cl)cc2)c1. The zero-order valence-electron chi connectivity index (χ0n) is 12.7. The molecule has 0 unspecified atom stereocenters. The second-order valence-electron chi connectivity index (χ2n) is 5.06. The first kappa shape index (κ1) is 16.3. The number of hydrogen-bond donors (Lipinski definition) is 2. The molecule has 0 aromatic heterocycles. The fourth-order valence-corrected chi connectivity index (χ4v) is 2.23. The molecule has 1 amide bonds. The molecule has 3 N–H and O–H groups in total. The Balaban J connectivity index is 1.85. The van der Waals surface area contributed by atoms with Gasteiger partial charge in [-0.15, -0.1) is 0 Å². The smallest absolute Gasteiger partial charge is 0.279 e. The summed E-state index contributed by atoms with van der Waals surface area (Å²) in [4.78, 5) is 12.0. The molecular formula is C17H20ClN2O2+. The lowest BCUT2D eigenvalue weighted by molar-refractivity contribution is -0.682. The third-order valence-corrected chi connectivity index (χ3v) is 3.66. The predicted molar refractivity (Wildman–Crippen MR) is 88.3 cm³/mol. The Bertz CT molecular complexity index is 629. The van der Waals surface area contributed by atoms with Crippen molar-refractivity contribution in [2.24, 2.45) is 0 Å². The molecule has 0 heterocycles. The molecule has 0 aliphatic carbocycles. The summed E-state index contributed by atoms with van der Waals surface area (Å²) in [5.74, 6) is 0.672. The number of nitrogens with one attached hydrogen (secondary N) is 1. The minimum Gasteiger partial charge on any atom is -0.497 e. The van der Waals surface area contributed by atoms with Crippen LogP contribution in [-0.2, 0) is 4.79 Å². The number of quaternary nitrogens is 1.